The van der Waals surface area contributed by atoms with Gasteiger partial charge in [-0.15, -0.1) is 0 Å². The highest BCUT2D eigenvalue weighted by Crippen LogP contribution is 2.18. The molecule has 0 aliphatic heterocycles. The Morgan fingerprint density at radius 3 is 3.11 bits per heavy atom. The predicted octanol–water partition coefficient (Wildman–Crippen LogP) is 1.32. The van der Waals surface area contributed by atoms with Crippen LogP contribution >= 0.6 is 11.6 Å². The van der Waals surface area contributed by atoms with Gasteiger partial charge >= 0.3 is 0 Å². The molecule has 0 bridgehead atoms. The molecule has 0 aliphatic rings. The molecule has 2 heterocycles. The van der Waals surface area contributed by atoms with Crippen LogP contribution < -0.4 is 11.1 Å². The topological polar surface area (TPSA) is 110 Å². The van der Waals surface area contributed by atoms with Crippen molar-refractivity contribution in [3.63, 3.8) is 0 Å². The molecule has 0 aromatic carbocycles. The van der Waals surface area contributed by atoms with Crippen LogP contribution in [0.5, 0.6) is 0 Å². The van der Waals surface area contributed by atoms with Gasteiger partial charge in [0.05, 0.1) is 6.33 Å². The van der Waals surface area contributed by atoms with Gasteiger partial charge in [-0.05, 0) is 18.9 Å². The molecule has 0 saturated carbocycles. The lowest BCUT2D eigenvalue weighted by Gasteiger charge is -2.07. The Balaban J connectivity index is 2.02. The Hall–Kier alpha value is -1.73. The van der Waals surface area contributed by atoms with Crippen molar-refractivity contribution >= 4 is 34.6 Å². The number of anilines is 1. The highest BCUT2D eigenvalue weighted by Gasteiger charge is 2.11. The number of aromatic amines is 1. The van der Waals surface area contributed by atoms with Crippen molar-refractivity contribution in [1.82, 2.24) is 19.9 Å². The van der Waals surface area contributed by atoms with E-state index in [4.69, 9.17) is 17.3 Å². The summed E-state index contributed by atoms with van der Waals surface area (Å²) in [6.45, 7) is 2.56. The van der Waals surface area contributed by atoms with E-state index < -0.39 is 0 Å². The molecule has 0 aliphatic carbocycles. The highest BCUT2D eigenvalue weighted by atomic mass is 35.5. The van der Waals surface area contributed by atoms with Gasteiger partial charge in [0, 0.05) is 6.42 Å². The van der Waals surface area contributed by atoms with Gasteiger partial charge in [0.25, 0.3) is 0 Å². The van der Waals surface area contributed by atoms with Crippen LogP contribution in [-0.2, 0) is 4.79 Å². The molecule has 2 aromatic rings. The maximum Gasteiger partial charge on any atom is 0.233 e. The van der Waals surface area contributed by atoms with E-state index in [-0.39, 0.29) is 17.0 Å². The molecule has 7 nitrogen and oxygen atoms in total. The van der Waals surface area contributed by atoms with Gasteiger partial charge in [0.2, 0.25) is 11.9 Å². The van der Waals surface area contributed by atoms with Crippen molar-refractivity contribution in [3.8, 4) is 0 Å². The van der Waals surface area contributed by atoms with Gasteiger partial charge < -0.3 is 10.7 Å². The predicted molar refractivity (Wildman–Crippen MR) is 72.8 cm³/mol. The number of halogens is 1. The molecule has 19 heavy (non-hydrogen) atoms. The molecule has 0 spiro atoms. The molecular formula is C11H15ClN6O. The Morgan fingerprint density at radius 1 is 1.58 bits per heavy atom. The van der Waals surface area contributed by atoms with E-state index in [1.165, 1.54) is 6.33 Å². The number of aromatic nitrogens is 4. The fourth-order valence-corrected chi connectivity index (χ4v) is 1.76. The van der Waals surface area contributed by atoms with Crippen LogP contribution in [0.4, 0.5) is 5.95 Å². The minimum absolute atomic E-state index is 0.161. The lowest BCUT2D eigenvalue weighted by Crippen LogP contribution is -2.17. The van der Waals surface area contributed by atoms with E-state index >= 15 is 0 Å². The van der Waals surface area contributed by atoms with Gasteiger partial charge in [0.15, 0.2) is 10.8 Å². The molecule has 1 atom stereocenters. The van der Waals surface area contributed by atoms with Crippen LogP contribution in [0.25, 0.3) is 11.2 Å². The van der Waals surface area contributed by atoms with Crippen molar-refractivity contribution in [2.45, 2.75) is 19.8 Å². The summed E-state index contributed by atoms with van der Waals surface area (Å²) in [5.41, 5.74) is 6.47. The number of carbonyl (C=O) groups excluding carboxylic acids is 1. The summed E-state index contributed by atoms with van der Waals surface area (Å²) in [5.74, 6) is 0.310. The number of carbonyl (C=O) groups is 1. The maximum absolute atomic E-state index is 11.7. The van der Waals surface area contributed by atoms with Crippen molar-refractivity contribution in [2.24, 2.45) is 11.7 Å². The van der Waals surface area contributed by atoms with Crippen molar-refractivity contribution in [1.29, 1.82) is 0 Å². The Kier molecular flexibility index (Phi) is 4.28. The third kappa shape index (κ3) is 3.39. The van der Waals surface area contributed by atoms with E-state index in [0.29, 0.717) is 30.0 Å². The average Bonchev–Trinajstić information content (AvgIpc) is 2.84. The van der Waals surface area contributed by atoms with Gasteiger partial charge in [-0.3, -0.25) is 10.1 Å². The Bertz CT molecular complexity index is 584. The second-order valence-corrected chi connectivity index (χ2v) is 4.72. The summed E-state index contributed by atoms with van der Waals surface area (Å²) >= 11 is 5.95. The number of nitrogens with two attached hydrogens (primary N) is 1. The fourth-order valence-electron chi connectivity index (χ4n) is 1.54. The summed E-state index contributed by atoms with van der Waals surface area (Å²) in [4.78, 5) is 26.6. The van der Waals surface area contributed by atoms with Gasteiger partial charge in [0.1, 0.15) is 5.52 Å². The summed E-state index contributed by atoms with van der Waals surface area (Å²) in [6, 6.07) is 0. The summed E-state index contributed by atoms with van der Waals surface area (Å²) in [6.07, 6.45) is 2.57. The van der Waals surface area contributed by atoms with E-state index in [9.17, 15) is 4.79 Å². The third-order valence-electron chi connectivity index (χ3n) is 2.76. The number of H-pyrrole nitrogens is 1. The Labute approximate surface area is 115 Å². The zero-order chi connectivity index (χ0) is 13.8. The van der Waals surface area contributed by atoms with E-state index in [0.717, 1.165) is 6.42 Å². The number of rotatable bonds is 5. The normalized spacial score (nSPS) is 12.6. The lowest BCUT2D eigenvalue weighted by molar-refractivity contribution is -0.116. The molecule has 0 saturated heterocycles. The summed E-state index contributed by atoms with van der Waals surface area (Å²) in [7, 11) is 0. The molecule has 1 amide bonds. The molecule has 102 valence electrons. The van der Waals surface area contributed by atoms with E-state index in [2.05, 4.69) is 25.3 Å². The number of fused-ring (bicyclic) bond motifs is 1. The van der Waals surface area contributed by atoms with Crippen molar-refractivity contribution < 1.29 is 4.79 Å². The van der Waals surface area contributed by atoms with Crippen molar-refractivity contribution in [2.75, 3.05) is 11.9 Å². The fraction of sp³-hybridized carbons (Fsp3) is 0.455. The largest absolute Gasteiger partial charge is 0.341 e. The molecule has 1 unspecified atom stereocenters. The molecular weight excluding hydrogens is 268 g/mol. The minimum atomic E-state index is -0.161. The van der Waals surface area contributed by atoms with E-state index in [1.54, 1.807) is 0 Å². The monoisotopic (exact) mass is 282 g/mol. The quantitative estimate of drug-likeness (QED) is 0.717. The number of amides is 1. The first-order valence-electron chi connectivity index (χ1n) is 5.96. The SMILES string of the molecule is CC(CN)CCC(=O)Nc1nc(Cl)c2[nH]cnc2n1. The van der Waals surface area contributed by atoms with Crippen LogP contribution in [0.1, 0.15) is 19.8 Å². The summed E-state index contributed by atoms with van der Waals surface area (Å²) < 4.78 is 0. The van der Waals surface area contributed by atoms with Crippen LogP contribution in [0.3, 0.4) is 0 Å². The van der Waals surface area contributed by atoms with E-state index in [1.807, 2.05) is 6.92 Å². The zero-order valence-electron chi connectivity index (χ0n) is 10.5. The molecule has 4 N–H and O–H groups in total. The molecule has 2 aromatic heterocycles. The third-order valence-corrected chi connectivity index (χ3v) is 3.03. The lowest BCUT2D eigenvalue weighted by atomic mass is 10.1. The van der Waals surface area contributed by atoms with Gasteiger partial charge in [-0.2, -0.15) is 9.97 Å². The first-order valence-corrected chi connectivity index (χ1v) is 6.34. The van der Waals surface area contributed by atoms with Crippen LogP contribution in [0.15, 0.2) is 6.33 Å². The summed E-state index contributed by atoms with van der Waals surface area (Å²) in [5, 5.41) is 2.83. The molecule has 0 fully saturated rings. The first-order chi connectivity index (χ1) is 9.10. The average molecular weight is 283 g/mol. The van der Waals surface area contributed by atoms with Gasteiger partial charge in [-0.25, -0.2) is 4.98 Å². The second kappa shape index (κ2) is 5.94. The smallest absolute Gasteiger partial charge is 0.233 e. The first kappa shape index (κ1) is 13.7. The Morgan fingerprint density at radius 2 is 2.37 bits per heavy atom. The standard InChI is InChI=1S/C11H15ClN6O/c1-6(4-13)2-3-7(19)16-11-17-9(12)8-10(18-11)15-5-14-8/h5-6H,2-4,13H2,1H3,(H2,14,15,16,17,18,19). The number of imidazole rings is 1. The molecule has 0 radical (unpaired) electrons. The van der Waals surface area contributed by atoms with Crippen molar-refractivity contribution in [3.05, 3.63) is 11.5 Å². The number of nitrogens with one attached hydrogen (secondary N) is 2. The van der Waals surface area contributed by atoms with Gasteiger partial charge in [-0.1, -0.05) is 18.5 Å². The number of hydrogen-bond donors (Lipinski definition) is 3. The molecule has 8 heteroatoms. The minimum Gasteiger partial charge on any atom is -0.341 e. The molecule has 2 rings (SSSR count). The zero-order valence-corrected chi connectivity index (χ0v) is 11.2. The number of nitrogens with zero attached hydrogens (tertiary/aromatic N) is 3. The number of hydrogen-bond acceptors (Lipinski definition) is 5. The van der Waals surface area contributed by atoms with Crippen LogP contribution in [0, 0.1) is 5.92 Å². The van der Waals surface area contributed by atoms with Crippen LogP contribution in [-0.4, -0.2) is 32.4 Å². The highest BCUT2D eigenvalue weighted by molar-refractivity contribution is 6.33. The second-order valence-electron chi connectivity index (χ2n) is 4.37. The van der Waals surface area contributed by atoms with Crippen LogP contribution in [0.2, 0.25) is 5.15 Å². The maximum atomic E-state index is 11.7.